The summed E-state index contributed by atoms with van der Waals surface area (Å²) in [5.41, 5.74) is 7.43. The minimum Gasteiger partial charge on any atom is -0.489 e. The highest BCUT2D eigenvalue weighted by atomic mass is 35.5. The van der Waals surface area contributed by atoms with Gasteiger partial charge in [0.05, 0.1) is 11.1 Å². The zero-order chi connectivity index (χ0) is 12.6. The summed E-state index contributed by atoms with van der Waals surface area (Å²) in [4.78, 5) is 0. The summed E-state index contributed by atoms with van der Waals surface area (Å²) >= 11 is 6.31. The second-order valence-electron chi connectivity index (χ2n) is 5.68. The maximum atomic E-state index is 6.44. The molecule has 0 aromatic heterocycles. The quantitative estimate of drug-likeness (QED) is 0.897. The highest BCUT2D eigenvalue weighted by Gasteiger charge is 2.31. The van der Waals surface area contributed by atoms with Gasteiger partial charge >= 0.3 is 0 Å². The Morgan fingerprint density at radius 3 is 2.44 bits per heavy atom. The third-order valence-electron chi connectivity index (χ3n) is 4.35. The third-order valence-corrected chi connectivity index (χ3v) is 4.64. The van der Waals surface area contributed by atoms with Crippen molar-refractivity contribution in [2.45, 2.75) is 56.6 Å². The van der Waals surface area contributed by atoms with Crippen LogP contribution in [-0.4, -0.2) is 6.10 Å². The van der Waals surface area contributed by atoms with Gasteiger partial charge in [-0.2, -0.15) is 0 Å². The maximum Gasteiger partial charge on any atom is 0.138 e. The summed E-state index contributed by atoms with van der Waals surface area (Å²) in [5.74, 6) is 0.812. The van der Waals surface area contributed by atoms with E-state index < -0.39 is 0 Å². The first kappa shape index (κ1) is 12.3. The van der Waals surface area contributed by atoms with E-state index in [1.807, 2.05) is 12.1 Å². The second-order valence-corrected chi connectivity index (χ2v) is 6.09. The topological polar surface area (TPSA) is 35.2 Å². The molecule has 0 amide bonds. The average molecular weight is 266 g/mol. The zero-order valence-corrected chi connectivity index (χ0v) is 11.4. The standard InChI is InChI=1S/C15H20ClNO/c16-13-10-11(15(17)8-1-2-9-15)6-7-14(13)18-12-4-3-5-12/h6-7,10,12H,1-5,8-9,17H2. The molecule has 2 fully saturated rings. The monoisotopic (exact) mass is 265 g/mol. The molecule has 0 radical (unpaired) electrons. The molecule has 1 aromatic carbocycles. The van der Waals surface area contributed by atoms with Crippen LogP contribution >= 0.6 is 11.6 Å². The number of rotatable bonds is 3. The number of hydrogen-bond acceptors (Lipinski definition) is 2. The molecule has 0 saturated heterocycles. The lowest BCUT2D eigenvalue weighted by atomic mass is 9.89. The molecule has 2 aliphatic carbocycles. The predicted molar refractivity (Wildman–Crippen MR) is 74.1 cm³/mol. The van der Waals surface area contributed by atoms with Crippen LogP contribution in [0.25, 0.3) is 0 Å². The van der Waals surface area contributed by atoms with Crippen molar-refractivity contribution in [3.8, 4) is 5.75 Å². The molecular formula is C15H20ClNO. The molecule has 0 bridgehead atoms. The molecule has 0 heterocycles. The SMILES string of the molecule is NC1(c2ccc(OC3CCC3)c(Cl)c2)CCCC1. The minimum absolute atomic E-state index is 0.168. The van der Waals surface area contributed by atoms with E-state index >= 15 is 0 Å². The molecular weight excluding hydrogens is 246 g/mol. The molecule has 18 heavy (non-hydrogen) atoms. The Balaban J connectivity index is 1.79. The van der Waals surface area contributed by atoms with Gasteiger partial charge in [-0.05, 0) is 49.8 Å². The van der Waals surface area contributed by atoms with Crippen molar-refractivity contribution in [1.29, 1.82) is 0 Å². The van der Waals surface area contributed by atoms with Crippen molar-refractivity contribution in [1.82, 2.24) is 0 Å². The van der Waals surface area contributed by atoms with Crippen LogP contribution in [0.15, 0.2) is 18.2 Å². The van der Waals surface area contributed by atoms with Gasteiger partial charge in [-0.15, -0.1) is 0 Å². The van der Waals surface area contributed by atoms with Gasteiger partial charge in [0.2, 0.25) is 0 Å². The molecule has 2 N–H and O–H groups in total. The first-order valence-electron chi connectivity index (χ1n) is 6.93. The maximum absolute atomic E-state index is 6.44. The van der Waals surface area contributed by atoms with Crippen molar-refractivity contribution in [3.63, 3.8) is 0 Å². The Morgan fingerprint density at radius 2 is 1.89 bits per heavy atom. The van der Waals surface area contributed by atoms with Gasteiger partial charge in [0, 0.05) is 5.54 Å². The Labute approximate surface area is 113 Å². The van der Waals surface area contributed by atoms with E-state index in [9.17, 15) is 0 Å². The molecule has 0 unspecified atom stereocenters. The van der Waals surface area contributed by atoms with Gasteiger partial charge in [0.1, 0.15) is 5.75 Å². The van der Waals surface area contributed by atoms with Crippen LogP contribution in [0.4, 0.5) is 0 Å². The van der Waals surface area contributed by atoms with Crippen molar-refractivity contribution in [3.05, 3.63) is 28.8 Å². The van der Waals surface area contributed by atoms with Gasteiger partial charge in [0.25, 0.3) is 0 Å². The van der Waals surface area contributed by atoms with Gasteiger partial charge in [0.15, 0.2) is 0 Å². The van der Waals surface area contributed by atoms with E-state index in [0.717, 1.165) is 37.0 Å². The highest BCUT2D eigenvalue weighted by molar-refractivity contribution is 6.32. The van der Waals surface area contributed by atoms with E-state index in [4.69, 9.17) is 22.1 Å². The second kappa shape index (κ2) is 4.75. The Bertz CT molecular complexity index is 436. The van der Waals surface area contributed by atoms with Crippen LogP contribution in [-0.2, 0) is 5.54 Å². The fraction of sp³-hybridized carbons (Fsp3) is 0.600. The van der Waals surface area contributed by atoms with Crippen LogP contribution in [0.3, 0.4) is 0 Å². The van der Waals surface area contributed by atoms with Crippen molar-refractivity contribution in [2.75, 3.05) is 0 Å². The van der Waals surface area contributed by atoms with Gasteiger partial charge < -0.3 is 10.5 Å². The van der Waals surface area contributed by atoms with Crippen LogP contribution in [0.2, 0.25) is 5.02 Å². The van der Waals surface area contributed by atoms with E-state index in [1.54, 1.807) is 0 Å². The van der Waals surface area contributed by atoms with Crippen LogP contribution in [0, 0.1) is 0 Å². The smallest absolute Gasteiger partial charge is 0.138 e. The van der Waals surface area contributed by atoms with Gasteiger partial charge in [-0.25, -0.2) is 0 Å². The lowest BCUT2D eigenvalue weighted by molar-refractivity contribution is 0.120. The number of ether oxygens (including phenoxy) is 1. The molecule has 0 spiro atoms. The van der Waals surface area contributed by atoms with Gasteiger partial charge in [-0.1, -0.05) is 30.5 Å². The largest absolute Gasteiger partial charge is 0.489 e. The Morgan fingerprint density at radius 1 is 1.17 bits per heavy atom. The van der Waals surface area contributed by atoms with E-state index in [2.05, 4.69) is 6.07 Å². The number of halogens is 1. The molecule has 3 rings (SSSR count). The van der Waals surface area contributed by atoms with Crippen LogP contribution in [0.5, 0.6) is 5.75 Å². The van der Waals surface area contributed by atoms with Crippen molar-refractivity contribution >= 4 is 11.6 Å². The summed E-state index contributed by atoms with van der Waals surface area (Å²) in [6.07, 6.45) is 8.50. The highest BCUT2D eigenvalue weighted by Crippen LogP contribution is 2.39. The third kappa shape index (κ3) is 2.24. The first-order chi connectivity index (χ1) is 8.67. The number of benzene rings is 1. The average Bonchev–Trinajstić information content (AvgIpc) is 2.73. The van der Waals surface area contributed by atoms with Crippen molar-refractivity contribution < 1.29 is 4.74 Å². The van der Waals surface area contributed by atoms with E-state index in [-0.39, 0.29) is 5.54 Å². The summed E-state index contributed by atoms with van der Waals surface area (Å²) in [5, 5.41) is 0.705. The number of hydrogen-bond donors (Lipinski definition) is 1. The van der Waals surface area contributed by atoms with Gasteiger partial charge in [-0.3, -0.25) is 0 Å². The molecule has 3 heteroatoms. The molecule has 2 saturated carbocycles. The zero-order valence-electron chi connectivity index (χ0n) is 10.6. The first-order valence-corrected chi connectivity index (χ1v) is 7.31. The lowest BCUT2D eigenvalue weighted by Crippen LogP contribution is -2.33. The summed E-state index contributed by atoms with van der Waals surface area (Å²) in [6.45, 7) is 0. The summed E-state index contributed by atoms with van der Waals surface area (Å²) in [7, 11) is 0. The predicted octanol–water partition coefficient (Wildman–Crippen LogP) is 4.00. The van der Waals surface area contributed by atoms with Crippen LogP contribution < -0.4 is 10.5 Å². The molecule has 1 aromatic rings. The Kier molecular flexibility index (Phi) is 3.25. The summed E-state index contributed by atoms with van der Waals surface area (Å²) < 4.78 is 5.86. The van der Waals surface area contributed by atoms with E-state index in [0.29, 0.717) is 11.1 Å². The lowest BCUT2D eigenvalue weighted by Gasteiger charge is -2.28. The fourth-order valence-corrected chi connectivity index (χ4v) is 3.09. The summed E-state index contributed by atoms with van der Waals surface area (Å²) in [6, 6.07) is 6.08. The molecule has 0 aliphatic heterocycles. The van der Waals surface area contributed by atoms with E-state index in [1.165, 1.54) is 19.3 Å². The number of nitrogens with two attached hydrogens (primary N) is 1. The fourth-order valence-electron chi connectivity index (χ4n) is 2.87. The molecule has 2 nitrogen and oxygen atoms in total. The normalized spacial score (nSPS) is 22.8. The molecule has 0 atom stereocenters. The van der Waals surface area contributed by atoms with Crippen LogP contribution in [0.1, 0.15) is 50.5 Å². The molecule has 2 aliphatic rings. The molecule has 98 valence electrons. The Hall–Kier alpha value is -0.730. The minimum atomic E-state index is -0.168. The van der Waals surface area contributed by atoms with Crippen molar-refractivity contribution in [2.24, 2.45) is 5.73 Å².